The zero-order valence-corrected chi connectivity index (χ0v) is 15.2. The lowest BCUT2D eigenvalue weighted by Crippen LogP contribution is -2.41. The first-order valence-electron chi connectivity index (χ1n) is 8.96. The largest absolute Gasteiger partial charge is 0.488 e. The van der Waals surface area contributed by atoms with E-state index in [0.717, 1.165) is 29.5 Å². The summed E-state index contributed by atoms with van der Waals surface area (Å²) in [7, 11) is 1.77. The maximum Gasteiger partial charge on any atom is 0.191 e. The highest BCUT2D eigenvalue weighted by Crippen LogP contribution is 2.27. The summed E-state index contributed by atoms with van der Waals surface area (Å²) in [5.74, 6) is 2.52. The second kappa shape index (κ2) is 7.90. The first-order valence-corrected chi connectivity index (χ1v) is 8.96. The van der Waals surface area contributed by atoms with E-state index >= 15 is 0 Å². The van der Waals surface area contributed by atoms with Gasteiger partial charge in [-0.15, -0.1) is 0 Å². The number of guanidine groups is 1. The van der Waals surface area contributed by atoms with Gasteiger partial charge < -0.3 is 15.4 Å². The monoisotopic (exact) mass is 362 g/mol. The topological polar surface area (TPSA) is 76.4 Å². The van der Waals surface area contributed by atoms with Crippen LogP contribution in [0.1, 0.15) is 11.1 Å². The fourth-order valence-electron chi connectivity index (χ4n) is 3.08. The van der Waals surface area contributed by atoms with Crippen LogP contribution in [-0.4, -0.2) is 40.4 Å². The molecule has 7 nitrogen and oxygen atoms in total. The number of ether oxygens (including phenoxy) is 1. The van der Waals surface area contributed by atoms with Crippen molar-refractivity contribution in [2.75, 3.05) is 13.6 Å². The van der Waals surface area contributed by atoms with Gasteiger partial charge in [-0.3, -0.25) is 4.99 Å². The third-order valence-electron chi connectivity index (χ3n) is 4.44. The molecule has 0 aliphatic carbocycles. The summed E-state index contributed by atoms with van der Waals surface area (Å²) < 4.78 is 7.70. The number of aromatic nitrogens is 3. The van der Waals surface area contributed by atoms with Gasteiger partial charge in [0, 0.05) is 38.6 Å². The number of hydrogen-bond donors (Lipinski definition) is 2. The molecule has 0 bridgehead atoms. The number of hydrogen-bond acceptors (Lipinski definition) is 4. The lowest BCUT2D eigenvalue weighted by molar-refractivity contribution is 0.235. The molecule has 27 heavy (non-hydrogen) atoms. The number of rotatable bonds is 5. The van der Waals surface area contributed by atoms with Gasteiger partial charge in [-0.1, -0.05) is 18.2 Å². The number of pyridine rings is 1. The maximum absolute atomic E-state index is 5.96. The number of benzene rings is 1. The molecule has 2 N–H and O–H groups in total. The van der Waals surface area contributed by atoms with E-state index in [1.54, 1.807) is 24.1 Å². The molecule has 0 amide bonds. The fourth-order valence-corrected chi connectivity index (χ4v) is 3.08. The Hall–Kier alpha value is -3.35. The van der Waals surface area contributed by atoms with E-state index in [0.29, 0.717) is 13.1 Å². The first kappa shape index (κ1) is 17.1. The van der Waals surface area contributed by atoms with Crippen LogP contribution in [0.3, 0.4) is 0 Å². The number of nitrogens with zero attached hydrogens (tertiary/aromatic N) is 4. The van der Waals surface area contributed by atoms with Gasteiger partial charge in [0.1, 0.15) is 11.9 Å². The highest BCUT2D eigenvalue weighted by molar-refractivity contribution is 5.79. The van der Waals surface area contributed by atoms with Crippen molar-refractivity contribution in [1.29, 1.82) is 0 Å². The Kier molecular flexibility index (Phi) is 5.00. The summed E-state index contributed by atoms with van der Waals surface area (Å²) in [6.45, 7) is 1.34. The van der Waals surface area contributed by atoms with Crippen molar-refractivity contribution in [2.24, 2.45) is 4.99 Å². The molecule has 1 aromatic carbocycles. The third-order valence-corrected chi connectivity index (χ3v) is 4.44. The highest BCUT2D eigenvalue weighted by Gasteiger charge is 2.22. The van der Waals surface area contributed by atoms with Gasteiger partial charge in [0.05, 0.1) is 6.54 Å². The Bertz CT molecular complexity index is 897. The van der Waals surface area contributed by atoms with E-state index in [-0.39, 0.29) is 6.10 Å². The van der Waals surface area contributed by atoms with Crippen LogP contribution in [0.2, 0.25) is 0 Å². The second-order valence-corrected chi connectivity index (χ2v) is 6.33. The molecule has 1 aliphatic rings. The molecule has 7 heteroatoms. The van der Waals surface area contributed by atoms with Crippen LogP contribution in [0.5, 0.6) is 5.75 Å². The SMILES string of the molecule is CN=C(NCc1ccnc(-n2cccn2)c1)NCC1Cc2ccccc2O1. The second-order valence-electron chi connectivity index (χ2n) is 6.33. The predicted octanol–water partition coefficient (Wildman–Crippen LogP) is 1.94. The smallest absolute Gasteiger partial charge is 0.191 e. The van der Waals surface area contributed by atoms with Crippen molar-refractivity contribution in [2.45, 2.75) is 19.1 Å². The normalized spacial score (nSPS) is 15.9. The van der Waals surface area contributed by atoms with Gasteiger partial charge in [-0.25, -0.2) is 9.67 Å². The maximum atomic E-state index is 5.96. The number of nitrogens with one attached hydrogen (secondary N) is 2. The predicted molar refractivity (Wildman–Crippen MR) is 104 cm³/mol. The van der Waals surface area contributed by atoms with Crippen LogP contribution in [0, 0.1) is 0 Å². The number of fused-ring (bicyclic) bond motifs is 1. The Morgan fingerprint density at radius 2 is 2.15 bits per heavy atom. The zero-order chi connectivity index (χ0) is 18.5. The van der Waals surface area contributed by atoms with E-state index in [1.807, 2.05) is 42.6 Å². The van der Waals surface area contributed by atoms with Gasteiger partial charge in [0.15, 0.2) is 11.8 Å². The summed E-state index contributed by atoms with van der Waals surface area (Å²) in [5, 5.41) is 10.9. The van der Waals surface area contributed by atoms with Crippen molar-refractivity contribution in [3.05, 3.63) is 72.2 Å². The fraction of sp³-hybridized carbons (Fsp3) is 0.250. The third kappa shape index (κ3) is 4.08. The molecule has 2 aromatic heterocycles. The van der Waals surface area contributed by atoms with Crippen LogP contribution >= 0.6 is 0 Å². The molecule has 0 fully saturated rings. The summed E-state index contributed by atoms with van der Waals surface area (Å²) >= 11 is 0. The minimum absolute atomic E-state index is 0.119. The molecular formula is C20H22N6O. The minimum Gasteiger partial charge on any atom is -0.488 e. The lowest BCUT2D eigenvalue weighted by Gasteiger charge is -2.15. The molecule has 1 atom stereocenters. The van der Waals surface area contributed by atoms with E-state index < -0.39 is 0 Å². The first-order chi connectivity index (χ1) is 13.3. The van der Waals surface area contributed by atoms with Crippen molar-refractivity contribution >= 4 is 5.96 Å². The standard InChI is InChI=1S/C20H22N6O/c1-21-20(24-14-17-12-16-5-2-3-6-18(16)27-17)23-13-15-7-9-22-19(11-15)26-10-4-8-25-26/h2-11,17H,12-14H2,1H3,(H2,21,23,24). The molecule has 3 heterocycles. The van der Waals surface area contributed by atoms with Crippen molar-refractivity contribution in [3.8, 4) is 11.6 Å². The van der Waals surface area contributed by atoms with E-state index in [4.69, 9.17) is 4.74 Å². The van der Waals surface area contributed by atoms with Gasteiger partial charge in [0.25, 0.3) is 0 Å². The Balaban J connectivity index is 1.30. The quantitative estimate of drug-likeness (QED) is 0.536. The Labute approximate surface area is 158 Å². The Morgan fingerprint density at radius 3 is 2.96 bits per heavy atom. The summed E-state index contributed by atoms with van der Waals surface area (Å²) in [4.78, 5) is 8.64. The molecule has 138 valence electrons. The van der Waals surface area contributed by atoms with E-state index in [2.05, 4.69) is 31.8 Å². The number of aliphatic imine (C=N–C) groups is 1. The van der Waals surface area contributed by atoms with Gasteiger partial charge in [0.2, 0.25) is 0 Å². The average Bonchev–Trinajstić information content (AvgIpc) is 3.38. The molecule has 0 radical (unpaired) electrons. The van der Waals surface area contributed by atoms with Gasteiger partial charge in [-0.05, 0) is 35.4 Å². The molecule has 0 saturated carbocycles. The number of para-hydroxylation sites is 1. The van der Waals surface area contributed by atoms with Gasteiger partial charge in [-0.2, -0.15) is 5.10 Å². The average molecular weight is 362 g/mol. The molecule has 1 aliphatic heterocycles. The molecule has 4 rings (SSSR count). The summed E-state index contributed by atoms with van der Waals surface area (Å²) in [6.07, 6.45) is 6.43. The van der Waals surface area contributed by atoms with Crippen molar-refractivity contribution in [3.63, 3.8) is 0 Å². The van der Waals surface area contributed by atoms with Crippen LogP contribution in [0.25, 0.3) is 5.82 Å². The Morgan fingerprint density at radius 1 is 1.22 bits per heavy atom. The lowest BCUT2D eigenvalue weighted by atomic mass is 10.1. The minimum atomic E-state index is 0.119. The highest BCUT2D eigenvalue weighted by atomic mass is 16.5. The van der Waals surface area contributed by atoms with Crippen LogP contribution in [0.15, 0.2) is 66.0 Å². The van der Waals surface area contributed by atoms with Crippen molar-refractivity contribution in [1.82, 2.24) is 25.4 Å². The molecule has 3 aromatic rings. The van der Waals surface area contributed by atoms with Crippen LogP contribution in [0.4, 0.5) is 0 Å². The molecule has 1 unspecified atom stereocenters. The molecule has 0 saturated heterocycles. The van der Waals surface area contributed by atoms with Crippen LogP contribution in [-0.2, 0) is 13.0 Å². The summed E-state index contributed by atoms with van der Waals surface area (Å²) in [6, 6.07) is 14.0. The van der Waals surface area contributed by atoms with Crippen LogP contribution < -0.4 is 15.4 Å². The summed E-state index contributed by atoms with van der Waals surface area (Å²) in [5.41, 5.74) is 2.36. The van der Waals surface area contributed by atoms with E-state index in [9.17, 15) is 0 Å². The molecule has 0 spiro atoms. The molecular weight excluding hydrogens is 340 g/mol. The van der Waals surface area contributed by atoms with E-state index in [1.165, 1.54) is 5.56 Å². The van der Waals surface area contributed by atoms with Crippen molar-refractivity contribution < 1.29 is 4.74 Å². The van der Waals surface area contributed by atoms with Gasteiger partial charge >= 0.3 is 0 Å². The zero-order valence-electron chi connectivity index (χ0n) is 15.2.